The molecule has 6 heteroatoms. The molecule has 1 aromatic carbocycles. The van der Waals surface area contributed by atoms with Crippen LogP contribution in [0, 0.1) is 11.3 Å². The SMILES string of the molecule is N#Cc1ccc(NC(=O)CN2CCCCC2C(=O)O)cc1. The molecule has 1 unspecified atom stereocenters. The lowest BCUT2D eigenvalue weighted by Crippen LogP contribution is -2.47. The smallest absolute Gasteiger partial charge is 0.320 e. The summed E-state index contributed by atoms with van der Waals surface area (Å²) in [5.41, 5.74) is 1.12. The molecule has 0 aliphatic carbocycles. The van der Waals surface area contributed by atoms with Crippen LogP contribution in [0.3, 0.4) is 0 Å². The second-order valence-electron chi connectivity index (χ2n) is 5.06. The second-order valence-corrected chi connectivity index (χ2v) is 5.06. The Balaban J connectivity index is 1.93. The predicted octanol–water partition coefficient (Wildman–Crippen LogP) is 1.44. The van der Waals surface area contributed by atoms with Crippen molar-refractivity contribution in [1.82, 2.24) is 4.90 Å². The Hall–Kier alpha value is -2.39. The standard InChI is InChI=1S/C15H17N3O3/c16-9-11-4-6-12(7-5-11)17-14(19)10-18-8-2-1-3-13(18)15(20)21/h4-7,13H,1-3,8,10H2,(H,17,19)(H,20,21). The maximum atomic E-state index is 12.0. The van der Waals surface area contributed by atoms with Crippen LogP contribution >= 0.6 is 0 Å². The third-order valence-electron chi connectivity index (χ3n) is 3.54. The number of aliphatic carboxylic acids is 1. The highest BCUT2D eigenvalue weighted by Crippen LogP contribution is 2.17. The first-order chi connectivity index (χ1) is 10.1. The van der Waals surface area contributed by atoms with Gasteiger partial charge in [0.05, 0.1) is 18.2 Å². The van der Waals surface area contributed by atoms with E-state index in [-0.39, 0.29) is 12.5 Å². The minimum atomic E-state index is -0.874. The summed E-state index contributed by atoms with van der Waals surface area (Å²) in [4.78, 5) is 24.9. The van der Waals surface area contributed by atoms with E-state index >= 15 is 0 Å². The number of carbonyl (C=O) groups is 2. The molecule has 0 saturated carbocycles. The first kappa shape index (κ1) is 15.0. The summed E-state index contributed by atoms with van der Waals surface area (Å²) in [5, 5.41) is 20.6. The lowest BCUT2D eigenvalue weighted by molar-refractivity contribution is -0.145. The maximum absolute atomic E-state index is 12.0. The van der Waals surface area contributed by atoms with E-state index in [1.165, 1.54) is 0 Å². The van der Waals surface area contributed by atoms with Gasteiger partial charge in [0.25, 0.3) is 0 Å². The minimum absolute atomic E-state index is 0.0664. The lowest BCUT2D eigenvalue weighted by Gasteiger charge is -2.32. The van der Waals surface area contributed by atoms with Crippen molar-refractivity contribution < 1.29 is 14.7 Å². The number of amides is 1. The highest BCUT2D eigenvalue weighted by atomic mass is 16.4. The average Bonchev–Trinajstić information content (AvgIpc) is 2.48. The zero-order chi connectivity index (χ0) is 15.2. The number of nitrogens with zero attached hydrogens (tertiary/aromatic N) is 2. The Kier molecular flexibility index (Phi) is 4.90. The first-order valence-corrected chi connectivity index (χ1v) is 6.87. The second kappa shape index (κ2) is 6.86. The van der Waals surface area contributed by atoms with Crippen LogP contribution in [0.1, 0.15) is 24.8 Å². The van der Waals surface area contributed by atoms with E-state index in [1.54, 1.807) is 29.2 Å². The molecule has 1 saturated heterocycles. The molecular formula is C15H17N3O3. The minimum Gasteiger partial charge on any atom is -0.480 e. The summed E-state index contributed by atoms with van der Waals surface area (Å²) in [7, 11) is 0. The monoisotopic (exact) mass is 287 g/mol. The van der Waals surface area contributed by atoms with Gasteiger partial charge in [-0.15, -0.1) is 0 Å². The molecule has 110 valence electrons. The van der Waals surface area contributed by atoms with Gasteiger partial charge in [-0.3, -0.25) is 14.5 Å². The van der Waals surface area contributed by atoms with Crippen molar-refractivity contribution in [2.75, 3.05) is 18.4 Å². The molecule has 0 radical (unpaired) electrons. The van der Waals surface area contributed by atoms with E-state index in [4.69, 9.17) is 10.4 Å². The fourth-order valence-electron chi connectivity index (χ4n) is 2.47. The van der Waals surface area contributed by atoms with E-state index in [0.717, 1.165) is 12.8 Å². The van der Waals surface area contributed by atoms with E-state index in [1.807, 2.05) is 6.07 Å². The molecule has 2 rings (SSSR count). The van der Waals surface area contributed by atoms with Gasteiger partial charge in [-0.25, -0.2) is 0 Å². The quantitative estimate of drug-likeness (QED) is 0.874. The maximum Gasteiger partial charge on any atom is 0.320 e. The number of rotatable bonds is 4. The summed E-state index contributed by atoms with van der Waals surface area (Å²) in [6.07, 6.45) is 2.37. The molecule has 0 bridgehead atoms. The van der Waals surface area contributed by atoms with Gasteiger partial charge in [-0.1, -0.05) is 6.42 Å². The molecule has 2 N–H and O–H groups in total. The van der Waals surface area contributed by atoms with Crippen molar-refractivity contribution in [3.63, 3.8) is 0 Å². The van der Waals surface area contributed by atoms with Crippen molar-refractivity contribution in [2.24, 2.45) is 0 Å². The van der Waals surface area contributed by atoms with E-state index in [0.29, 0.717) is 24.2 Å². The number of carbonyl (C=O) groups excluding carboxylic acids is 1. The van der Waals surface area contributed by atoms with Gasteiger partial charge in [0.15, 0.2) is 0 Å². The number of benzene rings is 1. The Labute approximate surface area is 123 Å². The molecule has 1 aliphatic heterocycles. The van der Waals surface area contributed by atoms with Crippen LogP contribution in [-0.2, 0) is 9.59 Å². The molecule has 21 heavy (non-hydrogen) atoms. The van der Waals surface area contributed by atoms with Crippen LogP contribution in [-0.4, -0.2) is 41.0 Å². The molecule has 6 nitrogen and oxygen atoms in total. The largest absolute Gasteiger partial charge is 0.480 e. The van der Waals surface area contributed by atoms with Crippen molar-refractivity contribution in [1.29, 1.82) is 5.26 Å². The van der Waals surface area contributed by atoms with Crippen LogP contribution in [0.15, 0.2) is 24.3 Å². The number of nitriles is 1. The molecule has 1 aromatic rings. The number of nitrogens with one attached hydrogen (secondary N) is 1. The van der Waals surface area contributed by atoms with Gasteiger partial charge < -0.3 is 10.4 Å². The molecule has 0 spiro atoms. The fourth-order valence-corrected chi connectivity index (χ4v) is 2.47. The van der Waals surface area contributed by atoms with Crippen LogP contribution in [0.4, 0.5) is 5.69 Å². The van der Waals surface area contributed by atoms with E-state index in [2.05, 4.69) is 5.32 Å². The van der Waals surface area contributed by atoms with Gasteiger partial charge in [0.2, 0.25) is 5.91 Å². The molecule has 1 heterocycles. The Morgan fingerprint density at radius 2 is 2.05 bits per heavy atom. The molecule has 1 amide bonds. The number of hydrogen-bond acceptors (Lipinski definition) is 4. The number of anilines is 1. The Bertz CT molecular complexity index is 563. The Morgan fingerprint density at radius 1 is 1.33 bits per heavy atom. The van der Waals surface area contributed by atoms with Crippen LogP contribution in [0.2, 0.25) is 0 Å². The number of likely N-dealkylation sites (tertiary alicyclic amines) is 1. The normalized spacial score (nSPS) is 18.7. The molecular weight excluding hydrogens is 270 g/mol. The molecule has 1 atom stereocenters. The zero-order valence-electron chi connectivity index (χ0n) is 11.6. The summed E-state index contributed by atoms with van der Waals surface area (Å²) in [6, 6.07) is 7.98. The van der Waals surface area contributed by atoms with Gasteiger partial charge >= 0.3 is 5.97 Å². The summed E-state index contributed by atoms with van der Waals surface area (Å²) < 4.78 is 0. The highest BCUT2D eigenvalue weighted by molar-refractivity contribution is 5.92. The summed E-state index contributed by atoms with van der Waals surface area (Å²) in [6.45, 7) is 0.689. The van der Waals surface area contributed by atoms with Crippen molar-refractivity contribution in [3.8, 4) is 6.07 Å². The molecule has 1 fully saturated rings. The van der Waals surface area contributed by atoms with Gasteiger partial charge in [-0.05, 0) is 43.7 Å². The third kappa shape index (κ3) is 4.04. The topological polar surface area (TPSA) is 93.4 Å². The van der Waals surface area contributed by atoms with Crippen LogP contribution in [0.5, 0.6) is 0 Å². The van der Waals surface area contributed by atoms with E-state index < -0.39 is 12.0 Å². The van der Waals surface area contributed by atoms with Gasteiger partial charge in [0.1, 0.15) is 6.04 Å². The van der Waals surface area contributed by atoms with E-state index in [9.17, 15) is 9.59 Å². The lowest BCUT2D eigenvalue weighted by atomic mass is 10.0. The third-order valence-corrected chi connectivity index (χ3v) is 3.54. The van der Waals surface area contributed by atoms with Crippen LogP contribution < -0.4 is 5.32 Å². The number of hydrogen-bond donors (Lipinski definition) is 2. The van der Waals surface area contributed by atoms with Crippen molar-refractivity contribution >= 4 is 17.6 Å². The number of carboxylic acids is 1. The highest BCUT2D eigenvalue weighted by Gasteiger charge is 2.29. The number of piperidine rings is 1. The fraction of sp³-hybridized carbons (Fsp3) is 0.400. The number of carboxylic acid groups (broad SMARTS) is 1. The Morgan fingerprint density at radius 3 is 2.67 bits per heavy atom. The molecule has 1 aliphatic rings. The first-order valence-electron chi connectivity index (χ1n) is 6.87. The predicted molar refractivity (Wildman–Crippen MR) is 76.6 cm³/mol. The van der Waals surface area contributed by atoms with Gasteiger partial charge in [-0.2, -0.15) is 5.26 Å². The zero-order valence-corrected chi connectivity index (χ0v) is 11.6. The average molecular weight is 287 g/mol. The van der Waals surface area contributed by atoms with Crippen molar-refractivity contribution in [3.05, 3.63) is 29.8 Å². The summed E-state index contributed by atoms with van der Waals surface area (Å²) in [5.74, 6) is -1.12. The molecule has 0 aromatic heterocycles. The van der Waals surface area contributed by atoms with Crippen molar-refractivity contribution in [2.45, 2.75) is 25.3 Å². The summed E-state index contributed by atoms with van der Waals surface area (Å²) >= 11 is 0. The van der Waals surface area contributed by atoms with Crippen LogP contribution in [0.25, 0.3) is 0 Å². The van der Waals surface area contributed by atoms with Gasteiger partial charge in [0, 0.05) is 5.69 Å².